The molecule has 0 bridgehead atoms. The molecule has 2 amide bonds. The zero-order valence-corrected chi connectivity index (χ0v) is 16.2. The Morgan fingerprint density at radius 1 is 1.18 bits per heavy atom. The van der Waals surface area contributed by atoms with Gasteiger partial charge in [0.15, 0.2) is 6.61 Å². The number of halogens is 1. The topological polar surface area (TPSA) is 75.7 Å². The summed E-state index contributed by atoms with van der Waals surface area (Å²) < 4.78 is 5.12. The summed E-state index contributed by atoms with van der Waals surface area (Å²) >= 11 is 6.14. The van der Waals surface area contributed by atoms with E-state index in [1.807, 2.05) is 37.3 Å². The molecule has 7 heteroatoms. The minimum absolute atomic E-state index is 0.0338. The van der Waals surface area contributed by atoms with Crippen LogP contribution in [0.25, 0.3) is 0 Å². The van der Waals surface area contributed by atoms with Crippen LogP contribution in [0.3, 0.4) is 0 Å². The normalized spacial score (nSPS) is 17.3. The van der Waals surface area contributed by atoms with Crippen molar-refractivity contribution in [1.29, 1.82) is 0 Å². The van der Waals surface area contributed by atoms with E-state index in [0.29, 0.717) is 10.7 Å². The number of hydrogen-bond donors (Lipinski definition) is 1. The Kier molecular flexibility index (Phi) is 6.31. The van der Waals surface area contributed by atoms with E-state index in [1.165, 1.54) is 4.90 Å². The largest absolute Gasteiger partial charge is 0.455 e. The van der Waals surface area contributed by atoms with Gasteiger partial charge in [-0.2, -0.15) is 0 Å². The summed E-state index contributed by atoms with van der Waals surface area (Å²) in [6.07, 6.45) is 0.0338. The number of amides is 2. The van der Waals surface area contributed by atoms with Crippen LogP contribution in [0.5, 0.6) is 0 Å². The maximum atomic E-state index is 12.3. The second-order valence-corrected chi connectivity index (χ2v) is 7.07. The Morgan fingerprint density at radius 3 is 2.57 bits per heavy atom. The number of para-hydroxylation sites is 1. The van der Waals surface area contributed by atoms with E-state index in [1.54, 1.807) is 24.3 Å². The van der Waals surface area contributed by atoms with Crippen LogP contribution in [0.15, 0.2) is 54.6 Å². The molecule has 1 N–H and O–H groups in total. The van der Waals surface area contributed by atoms with E-state index in [0.717, 1.165) is 5.56 Å². The number of esters is 1. The predicted octanol–water partition coefficient (Wildman–Crippen LogP) is 3.11. The molecule has 3 rings (SSSR count). The van der Waals surface area contributed by atoms with Crippen molar-refractivity contribution < 1.29 is 19.1 Å². The molecule has 28 heavy (non-hydrogen) atoms. The minimum atomic E-state index is -0.622. The monoisotopic (exact) mass is 400 g/mol. The van der Waals surface area contributed by atoms with Crippen molar-refractivity contribution >= 4 is 35.1 Å². The summed E-state index contributed by atoms with van der Waals surface area (Å²) in [5, 5.41) is 3.23. The van der Waals surface area contributed by atoms with Crippen molar-refractivity contribution in [2.45, 2.75) is 19.4 Å². The van der Waals surface area contributed by atoms with Crippen LogP contribution in [0.1, 0.15) is 24.9 Å². The lowest BCUT2D eigenvalue weighted by Gasteiger charge is -2.18. The molecule has 2 aromatic rings. The molecule has 1 aliphatic heterocycles. The van der Waals surface area contributed by atoms with Gasteiger partial charge in [-0.1, -0.05) is 54.1 Å². The molecule has 2 aromatic carbocycles. The number of carbonyl (C=O) groups excluding carboxylic acids is 3. The van der Waals surface area contributed by atoms with Gasteiger partial charge in [-0.3, -0.25) is 14.4 Å². The van der Waals surface area contributed by atoms with E-state index in [-0.39, 0.29) is 31.5 Å². The first-order chi connectivity index (χ1) is 13.5. The first kappa shape index (κ1) is 19.9. The second kappa shape index (κ2) is 8.89. The second-order valence-electron chi connectivity index (χ2n) is 6.66. The van der Waals surface area contributed by atoms with Gasteiger partial charge in [0.1, 0.15) is 0 Å². The number of hydrogen-bond acceptors (Lipinski definition) is 4. The third-order valence-electron chi connectivity index (χ3n) is 4.62. The summed E-state index contributed by atoms with van der Waals surface area (Å²) in [7, 11) is 0. The quantitative estimate of drug-likeness (QED) is 0.756. The standard InChI is InChI=1S/C21H21ClN2O4/c1-14(15-7-3-2-4-8-15)23-19(25)13-28-21(27)16-11-20(26)24(12-16)18-10-6-5-9-17(18)22/h2-10,14,16H,11-13H2,1H3,(H,23,25)/t14-,16+/m1/s1. The molecular weight excluding hydrogens is 380 g/mol. The van der Waals surface area contributed by atoms with E-state index in [2.05, 4.69) is 5.32 Å². The van der Waals surface area contributed by atoms with Crippen molar-refractivity contribution in [2.24, 2.45) is 5.92 Å². The molecule has 0 unspecified atom stereocenters. The van der Waals surface area contributed by atoms with Crippen LogP contribution in [-0.2, 0) is 19.1 Å². The zero-order chi connectivity index (χ0) is 20.1. The maximum Gasteiger partial charge on any atom is 0.311 e. The lowest BCUT2D eigenvalue weighted by Crippen LogP contribution is -2.32. The Balaban J connectivity index is 1.51. The number of benzene rings is 2. The smallest absolute Gasteiger partial charge is 0.311 e. The summed E-state index contributed by atoms with van der Waals surface area (Å²) in [6.45, 7) is 1.66. The van der Waals surface area contributed by atoms with Gasteiger partial charge >= 0.3 is 5.97 Å². The summed E-state index contributed by atoms with van der Waals surface area (Å²) in [6, 6.07) is 16.3. The van der Waals surface area contributed by atoms with Crippen LogP contribution in [0.2, 0.25) is 5.02 Å². The van der Waals surface area contributed by atoms with Gasteiger partial charge in [0.05, 0.1) is 22.7 Å². The Bertz CT molecular complexity index is 872. The lowest BCUT2D eigenvalue weighted by atomic mass is 10.1. The molecule has 1 saturated heterocycles. The van der Waals surface area contributed by atoms with Gasteiger partial charge in [-0.25, -0.2) is 0 Å². The van der Waals surface area contributed by atoms with Gasteiger partial charge < -0.3 is 15.0 Å². The lowest BCUT2D eigenvalue weighted by molar-refractivity contribution is -0.152. The van der Waals surface area contributed by atoms with E-state index in [9.17, 15) is 14.4 Å². The third kappa shape index (κ3) is 4.70. The van der Waals surface area contributed by atoms with Gasteiger partial charge in [0.25, 0.3) is 5.91 Å². The average Bonchev–Trinajstić information content (AvgIpc) is 3.08. The Labute approximate surface area is 168 Å². The van der Waals surface area contributed by atoms with Crippen LogP contribution >= 0.6 is 11.6 Å². The number of anilines is 1. The fraction of sp³-hybridized carbons (Fsp3) is 0.286. The van der Waals surface area contributed by atoms with Crippen molar-refractivity contribution in [3.8, 4) is 0 Å². The van der Waals surface area contributed by atoms with Crippen LogP contribution in [0, 0.1) is 5.92 Å². The Hall–Kier alpha value is -2.86. The van der Waals surface area contributed by atoms with Crippen molar-refractivity contribution in [3.05, 3.63) is 65.2 Å². The highest BCUT2D eigenvalue weighted by molar-refractivity contribution is 6.33. The molecule has 146 valence electrons. The molecule has 0 aliphatic carbocycles. The predicted molar refractivity (Wildman–Crippen MR) is 106 cm³/mol. The number of carbonyl (C=O) groups is 3. The Morgan fingerprint density at radius 2 is 1.86 bits per heavy atom. The van der Waals surface area contributed by atoms with Crippen molar-refractivity contribution in [1.82, 2.24) is 5.32 Å². The number of rotatable bonds is 6. The molecule has 0 radical (unpaired) electrons. The molecule has 0 saturated carbocycles. The van der Waals surface area contributed by atoms with Crippen LogP contribution < -0.4 is 10.2 Å². The van der Waals surface area contributed by atoms with Crippen molar-refractivity contribution in [3.63, 3.8) is 0 Å². The highest BCUT2D eigenvalue weighted by Crippen LogP contribution is 2.31. The van der Waals surface area contributed by atoms with E-state index in [4.69, 9.17) is 16.3 Å². The third-order valence-corrected chi connectivity index (χ3v) is 4.94. The van der Waals surface area contributed by atoms with Crippen molar-refractivity contribution in [2.75, 3.05) is 18.1 Å². The summed E-state index contributed by atoms with van der Waals surface area (Å²) in [5.41, 5.74) is 1.53. The molecule has 1 heterocycles. The van der Waals surface area contributed by atoms with Gasteiger partial charge in [-0.15, -0.1) is 0 Å². The first-order valence-corrected chi connectivity index (χ1v) is 9.39. The minimum Gasteiger partial charge on any atom is -0.455 e. The molecule has 6 nitrogen and oxygen atoms in total. The molecule has 0 spiro atoms. The van der Waals surface area contributed by atoms with Gasteiger partial charge in [0.2, 0.25) is 5.91 Å². The SMILES string of the molecule is C[C@@H](NC(=O)COC(=O)[C@H]1CC(=O)N(c2ccccc2Cl)C1)c1ccccc1. The highest BCUT2D eigenvalue weighted by atomic mass is 35.5. The summed E-state index contributed by atoms with van der Waals surface area (Å²) in [5.74, 6) is -1.78. The van der Waals surface area contributed by atoms with Gasteiger partial charge in [0, 0.05) is 13.0 Å². The first-order valence-electron chi connectivity index (χ1n) is 9.01. The number of ether oxygens (including phenoxy) is 1. The maximum absolute atomic E-state index is 12.3. The fourth-order valence-corrected chi connectivity index (χ4v) is 3.37. The molecule has 2 atom stereocenters. The fourth-order valence-electron chi connectivity index (χ4n) is 3.13. The van der Waals surface area contributed by atoms with Gasteiger partial charge in [-0.05, 0) is 24.6 Å². The molecule has 0 aromatic heterocycles. The molecule has 1 aliphatic rings. The number of nitrogens with zero attached hydrogens (tertiary/aromatic N) is 1. The summed E-state index contributed by atoms with van der Waals surface area (Å²) in [4.78, 5) is 38.1. The van der Waals surface area contributed by atoms with Crippen LogP contribution in [-0.4, -0.2) is 30.9 Å². The highest BCUT2D eigenvalue weighted by Gasteiger charge is 2.37. The van der Waals surface area contributed by atoms with E-state index >= 15 is 0 Å². The molecular formula is C21H21ClN2O4. The molecule has 1 fully saturated rings. The number of nitrogens with one attached hydrogen (secondary N) is 1. The van der Waals surface area contributed by atoms with E-state index < -0.39 is 17.8 Å². The zero-order valence-electron chi connectivity index (χ0n) is 15.4. The van der Waals surface area contributed by atoms with Crippen LogP contribution in [0.4, 0.5) is 5.69 Å². The average molecular weight is 401 g/mol.